The number of amides is 2. The predicted octanol–water partition coefficient (Wildman–Crippen LogP) is 3.62. The zero-order valence-corrected chi connectivity index (χ0v) is 22.0. The highest BCUT2D eigenvalue weighted by atomic mass is 19.1. The average Bonchev–Trinajstić information content (AvgIpc) is 3.62. The first-order valence-electron chi connectivity index (χ1n) is 13.3. The molecule has 1 fully saturated rings. The van der Waals surface area contributed by atoms with Crippen LogP contribution in [0.15, 0.2) is 60.7 Å². The number of aromatic hydroxyl groups is 1. The van der Waals surface area contributed by atoms with Crippen molar-refractivity contribution in [3.8, 4) is 11.5 Å². The third-order valence-electron chi connectivity index (χ3n) is 7.07. The predicted molar refractivity (Wildman–Crippen MR) is 148 cm³/mol. The van der Waals surface area contributed by atoms with Gasteiger partial charge in [-0.05, 0) is 60.4 Å². The molecule has 1 aliphatic carbocycles. The van der Waals surface area contributed by atoms with Crippen LogP contribution < -0.4 is 20.7 Å². The molecule has 206 valence electrons. The number of hydrogen-bond donors (Lipinski definition) is 4. The van der Waals surface area contributed by atoms with E-state index in [0.29, 0.717) is 30.6 Å². The van der Waals surface area contributed by atoms with Gasteiger partial charge < -0.3 is 25.8 Å². The second-order valence-electron chi connectivity index (χ2n) is 9.86. The maximum absolute atomic E-state index is 14.7. The Morgan fingerprint density at radius 3 is 2.30 bits per heavy atom. The van der Waals surface area contributed by atoms with E-state index in [9.17, 15) is 23.9 Å². The van der Waals surface area contributed by atoms with Gasteiger partial charge in [-0.15, -0.1) is 0 Å². The van der Waals surface area contributed by atoms with Gasteiger partial charge in [0.1, 0.15) is 11.3 Å². The minimum absolute atomic E-state index is 0.0438. The van der Waals surface area contributed by atoms with Gasteiger partial charge in [0.2, 0.25) is 0 Å². The SMILES string of the molecule is CCCOc1ccc(O)c(F)c1C(=O)c1ccc(C(=O)N[C@@H]2CNC[C@H]2NC(=O)c2ccc3c(c2)CC=C3)cc1. The van der Waals surface area contributed by atoms with Crippen molar-refractivity contribution in [1.82, 2.24) is 16.0 Å². The van der Waals surface area contributed by atoms with Crippen LogP contribution in [0.2, 0.25) is 0 Å². The highest BCUT2D eigenvalue weighted by Crippen LogP contribution is 2.31. The molecule has 0 unspecified atom stereocenters. The summed E-state index contributed by atoms with van der Waals surface area (Å²) in [6.07, 6.45) is 5.56. The molecule has 3 aromatic rings. The third kappa shape index (κ3) is 5.60. The molecular formula is C31H30FN3O5. The van der Waals surface area contributed by atoms with Crippen molar-refractivity contribution in [2.45, 2.75) is 31.8 Å². The lowest BCUT2D eigenvalue weighted by atomic mass is 10.00. The summed E-state index contributed by atoms with van der Waals surface area (Å²) >= 11 is 0. The van der Waals surface area contributed by atoms with Gasteiger partial charge in [0.15, 0.2) is 17.3 Å². The summed E-state index contributed by atoms with van der Waals surface area (Å²) in [4.78, 5) is 39.0. The highest BCUT2D eigenvalue weighted by molar-refractivity contribution is 6.11. The standard InChI is InChI=1S/C31H30FN3O5/c1-2-14-40-26-13-12-25(36)28(32)27(26)29(37)19-7-9-20(10-8-19)30(38)34-23-16-33-17-24(23)35-31(39)22-11-6-18-4-3-5-21(18)15-22/h3-4,6-13,15,23-24,33,36H,2,5,14,16-17H2,1H3,(H,34,38)(H,35,39)/t23-,24-/m1/s1. The van der Waals surface area contributed by atoms with E-state index in [1.54, 1.807) is 6.07 Å². The number of phenolic OH excluding ortho intramolecular Hbond substituents is 1. The van der Waals surface area contributed by atoms with E-state index >= 15 is 0 Å². The van der Waals surface area contributed by atoms with Crippen molar-refractivity contribution in [3.05, 3.63) is 99.9 Å². The van der Waals surface area contributed by atoms with Crippen molar-refractivity contribution >= 4 is 23.7 Å². The van der Waals surface area contributed by atoms with Gasteiger partial charge in [-0.3, -0.25) is 14.4 Å². The fraction of sp³-hybridized carbons (Fsp3) is 0.258. The summed E-state index contributed by atoms with van der Waals surface area (Å²) in [5.41, 5.74) is 2.89. The lowest BCUT2D eigenvalue weighted by Crippen LogP contribution is -2.51. The third-order valence-corrected chi connectivity index (χ3v) is 7.07. The maximum Gasteiger partial charge on any atom is 0.251 e. The van der Waals surface area contributed by atoms with Crippen LogP contribution in [0.1, 0.15) is 61.1 Å². The van der Waals surface area contributed by atoms with Crippen molar-refractivity contribution in [2.24, 2.45) is 0 Å². The van der Waals surface area contributed by atoms with Crippen molar-refractivity contribution in [2.75, 3.05) is 19.7 Å². The number of benzene rings is 3. The van der Waals surface area contributed by atoms with Gasteiger partial charge in [-0.2, -0.15) is 0 Å². The van der Waals surface area contributed by atoms with Crippen LogP contribution in [0.3, 0.4) is 0 Å². The zero-order chi connectivity index (χ0) is 28.2. The van der Waals surface area contributed by atoms with Gasteiger partial charge in [0.05, 0.1) is 18.7 Å². The van der Waals surface area contributed by atoms with Crippen molar-refractivity contribution in [3.63, 3.8) is 0 Å². The van der Waals surface area contributed by atoms with E-state index in [4.69, 9.17) is 4.74 Å². The zero-order valence-electron chi connectivity index (χ0n) is 22.0. The maximum atomic E-state index is 14.7. The Hall–Kier alpha value is -4.50. The Kier molecular flexibility index (Phi) is 7.93. The summed E-state index contributed by atoms with van der Waals surface area (Å²) < 4.78 is 20.2. The van der Waals surface area contributed by atoms with Gasteiger partial charge >= 0.3 is 0 Å². The number of allylic oxidation sites excluding steroid dienone is 1. The molecule has 1 heterocycles. The number of halogens is 1. The second kappa shape index (κ2) is 11.7. The molecule has 5 rings (SSSR count). The molecule has 3 aromatic carbocycles. The summed E-state index contributed by atoms with van der Waals surface area (Å²) in [5.74, 6) is -2.90. The highest BCUT2D eigenvalue weighted by Gasteiger charge is 2.30. The molecule has 2 atom stereocenters. The number of rotatable bonds is 9. The normalized spacial score (nSPS) is 17.4. The van der Waals surface area contributed by atoms with Crippen LogP contribution in [0.4, 0.5) is 4.39 Å². The first-order chi connectivity index (χ1) is 19.4. The fourth-order valence-electron chi connectivity index (χ4n) is 4.89. The van der Waals surface area contributed by atoms with Gasteiger partial charge in [0, 0.05) is 29.8 Å². The van der Waals surface area contributed by atoms with Crippen molar-refractivity contribution < 1.29 is 28.6 Å². The number of ether oxygens (including phenoxy) is 1. The van der Waals surface area contributed by atoms with Gasteiger partial charge in [-0.25, -0.2) is 4.39 Å². The van der Waals surface area contributed by atoms with Crippen LogP contribution in [-0.2, 0) is 6.42 Å². The molecule has 4 N–H and O–H groups in total. The van der Waals surface area contributed by atoms with Crippen molar-refractivity contribution in [1.29, 1.82) is 0 Å². The molecule has 1 saturated heterocycles. The Morgan fingerprint density at radius 2 is 1.60 bits per heavy atom. The summed E-state index contributed by atoms with van der Waals surface area (Å²) in [6.45, 7) is 3.16. The van der Waals surface area contributed by atoms with E-state index in [-0.39, 0.29) is 47.4 Å². The number of carbonyl (C=O) groups is 3. The lowest BCUT2D eigenvalue weighted by molar-refractivity contribution is 0.0896. The largest absolute Gasteiger partial charge is 0.505 e. The number of phenols is 1. The molecule has 0 aromatic heterocycles. The Balaban J connectivity index is 1.24. The van der Waals surface area contributed by atoms with Gasteiger partial charge in [0.25, 0.3) is 11.8 Å². The molecular weight excluding hydrogens is 513 g/mol. The summed E-state index contributed by atoms with van der Waals surface area (Å²) in [7, 11) is 0. The monoisotopic (exact) mass is 543 g/mol. The molecule has 0 radical (unpaired) electrons. The van der Waals surface area contributed by atoms with E-state index in [1.165, 1.54) is 30.3 Å². The lowest BCUT2D eigenvalue weighted by Gasteiger charge is -2.21. The van der Waals surface area contributed by atoms with Crippen LogP contribution >= 0.6 is 0 Å². The fourth-order valence-corrected chi connectivity index (χ4v) is 4.89. The molecule has 1 aliphatic heterocycles. The van der Waals surface area contributed by atoms with E-state index in [0.717, 1.165) is 23.6 Å². The molecule has 40 heavy (non-hydrogen) atoms. The molecule has 2 aliphatic rings. The Labute approximate surface area is 231 Å². The van der Waals surface area contributed by atoms with Crippen LogP contribution in [0.25, 0.3) is 6.08 Å². The topological polar surface area (TPSA) is 117 Å². The molecule has 2 amide bonds. The first kappa shape index (κ1) is 27.1. The second-order valence-corrected chi connectivity index (χ2v) is 9.86. The van der Waals surface area contributed by atoms with Gasteiger partial charge in [-0.1, -0.05) is 37.3 Å². The molecule has 9 heteroatoms. The van der Waals surface area contributed by atoms with Crippen LogP contribution in [0, 0.1) is 5.82 Å². The first-order valence-corrected chi connectivity index (χ1v) is 13.3. The average molecular weight is 544 g/mol. The van der Waals surface area contributed by atoms with Crippen LogP contribution in [0.5, 0.6) is 11.5 Å². The molecule has 0 bridgehead atoms. The number of nitrogens with one attached hydrogen (secondary N) is 3. The Morgan fingerprint density at radius 1 is 0.950 bits per heavy atom. The van der Waals surface area contributed by atoms with E-state index < -0.39 is 17.3 Å². The smallest absolute Gasteiger partial charge is 0.251 e. The molecule has 8 nitrogen and oxygen atoms in total. The number of hydrogen-bond acceptors (Lipinski definition) is 6. The molecule has 0 spiro atoms. The Bertz CT molecular complexity index is 1490. The summed E-state index contributed by atoms with van der Waals surface area (Å²) in [5, 5.41) is 19.0. The number of carbonyl (C=O) groups excluding carboxylic acids is 3. The van der Waals surface area contributed by atoms with E-state index in [1.807, 2.05) is 25.1 Å². The number of fused-ring (bicyclic) bond motifs is 1. The number of ketones is 1. The molecule has 0 saturated carbocycles. The van der Waals surface area contributed by atoms with E-state index in [2.05, 4.69) is 22.0 Å². The summed E-state index contributed by atoms with van der Waals surface area (Å²) in [6, 6.07) is 13.3. The minimum atomic E-state index is -1.06. The van der Waals surface area contributed by atoms with Crippen LogP contribution in [-0.4, -0.2) is 54.5 Å². The quantitative estimate of drug-likeness (QED) is 0.307. The minimum Gasteiger partial charge on any atom is -0.505 e.